The van der Waals surface area contributed by atoms with Crippen molar-refractivity contribution in [3.05, 3.63) is 53.2 Å². The summed E-state index contributed by atoms with van der Waals surface area (Å²) in [5.74, 6) is 0.103. The van der Waals surface area contributed by atoms with Gasteiger partial charge in [-0.15, -0.1) is 0 Å². The van der Waals surface area contributed by atoms with Gasteiger partial charge in [0.1, 0.15) is 11.5 Å². The van der Waals surface area contributed by atoms with Gasteiger partial charge in [0, 0.05) is 6.07 Å². The molecule has 0 unspecified atom stereocenters. The molecule has 2 aromatic carbocycles. The highest BCUT2D eigenvalue weighted by Gasteiger charge is 2.17. The molecule has 6 heteroatoms. The standard InChI is InChI=1S/C18H16N2O4/c1-10-5-4-6-12(7-10)24-15-9-14-13(8-11(15)2)20-17(23-3)16(19-14)18(21)22/h4-9H,1-3H3,(H,21,22). The number of benzene rings is 2. The quantitative estimate of drug-likeness (QED) is 0.787. The summed E-state index contributed by atoms with van der Waals surface area (Å²) in [5.41, 5.74) is 2.70. The third-order valence-electron chi connectivity index (χ3n) is 3.54. The van der Waals surface area contributed by atoms with Crippen molar-refractivity contribution in [2.75, 3.05) is 7.11 Å². The molecule has 0 atom stereocenters. The van der Waals surface area contributed by atoms with E-state index >= 15 is 0 Å². The van der Waals surface area contributed by atoms with Crippen LogP contribution in [0.1, 0.15) is 21.6 Å². The Labute approximate surface area is 138 Å². The Morgan fingerprint density at radius 1 is 1.08 bits per heavy atom. The predicted octanol–water partition coefficient (Wildman–Crippen LogP) is 3.75. The fraction of sp³-hybridized carbons (Fsp3) is 0.167. The van der Waals surface area contributed by atoms with Crippen LogP contribution < -0.4 is 9.47 Å². The second-order valence-electron chi connectivity index (χ2n) is 5.41. The summed E-state index contributed by atoms with van der Waals surface area (Å²) in [6.07, 6.45) is 0. The molecule has 1 heterocycles. The first kappa shape index (κ1) is 15.7. The number of aromatic nitrogens is 2. The Balaban J connectivity index is 2.09. The van der Waals surface area contributed by atoms with Crippen molar-refractivity contribution in [2.45, 2.75) is 13.8 Å². The van der Waals surface area contributed by atoms with Gasteiger partial charge in [-0.1, -0.05) is 12.1 Å². The van der Waals surface area contributed by atoms with Crippen molar-refractivity contribution in [2.24, 2.45) is 0 Å². The smallest absolute Gasteiger partial charge is 0.360 e. The highest BCUT2D eigenvalue weighted by molar-refractivity contribution is 5.91. The first-order valence-electron chi connectivity index (χ1n) is 7.32. The molecule has 0 spiro atoms. The zero-order valence-corrected chi connectivity index (χ0v) is 13.5. The van der Waals surface area contributed by atoms with Gasteiger partial charge in [0.25, 0.3) is 0 Å². The topological polar surface area (TPSA) is 81.5 Å². The number of carbonyl (C=O) groups is 1. The Morgan fingerprint density at radius 2 is 1.83 bits per heavy atom. The summed E-state index contributed by atoms with van der Waals surface area (Å²) in [5, 5.41) is 9.23. The molecule has 0 saturated heterocycles. The number of ether oxygens (including phenoxy) is 2. The molecule has 3 rings (SSSR count). The minimum absolute atomic E-state index is 0.0123. The lowest BCUT2D eigenvalue weighted by atomic mass is 10.2. The second-order valence-corrected chi connectivity index (χ2v) is 5.41. The van der Waals surface area contributed by atoms with Crippen molar-refractivity contribution in [1.82, 2.24) is 9.97 Å². The first-order chi connectivity index (χ1) is 11.5. The summed E-state index contributed by atoms with van der Waals surface area (Å²) < 4.78 is 10.9. The van der Waals surface area contributed by atoms with E-state index in [0.717, 1.165) is 11.1 Å². The van der Waals surface area contributed by atoms with Crippen LogP contribution in [0.2, 0.25) is 0 Å². The molecule has 1 N–H and O–H groups in total. The van der Waals surface area contributed by atoms with Gasteiger partial charge in [0.2, 0.25) is 11.6 Å². The van der Waals surface area contributed by atoms with E-state index in [1.807, 2.05) is 38.1 Å². The fourth-order valence-electron chi connectivity index (χ4n) is 2.37. The van der Waals surface area contributed by atoms with E-state index in [2.05, 4.69) is 9.97 Å². The summed E-state index contributed by atoms with van der Waals surface area (Å²) >= 11 is 0. The van der Waals surface area contributed by atoms with Crippen molar-refractivity contribution < 1.29 is 19.4 Å². The summed E-state index contributed by atoms with van der Waals surface area (Å²) in [6, 6.07) is 11.2. The highest BCUT2D eigenvalue weighted by Crippen LogP contribution is 2.30. The van der Waals surface area contributed by atoms with Gasteiger partial charge in [0.15, 0.2) is 0 Å². The zero-order chi connectivity index (χ0) is 17.3. The normalized spacial score (nSPS) is 10.6. The molecule has 0 aliphatic rings. The van der Waals surface area contributed by atoms with Crippen LogP contribution in [0.5, 0.6) is 17.4 Å². The van der Waals surface area contributed by atoms with Crippen molar-refractivity contribution in [3.63, 3.8) is 0 Å². The molecule has 0 amide bonds. The molecule has 24 heavy (non-hydrogen) atoms. The molecular weight excluding hydrogens is 308 g/mol. The molecule has 0 radical (unpaired) electrons. The monoisotopic (exact) mass is 324 g/mol. The Hall–Kier alpha value is -3.15. The number of methoxy groups -OCH3 is 1. The average Bonchev–Trinajstić information content (AvgIpc) is 2.54. The van der Waals surface area contributed by atoms with Gasteiger partial charge in [-0.2, -0.15) is 0 Å². The zero-order valence-electron chi connectivity index (χ0n) is 13.5. The third kappa shape index (κ3) is 2.99. The molecule has 0 aliphatic carbocycles. The van der Waals surface area contributed by atoms with Crippen LogP contribution in [0.3, 0.4) is 0 Å². The highest BCUT2D eigenvalue weighted by atomic mass is 16.5. The number of nitrogens with zero attached hydrogens (tertiary/aromatic N) is 2. The second kappa shape index (κ2) is 6.16. The van der Waals surface area contributed by atoms with Gasteiger partial charge in [-0.05, 0) is 43.2 Å². The van der Waals surface area contributed by atoms with Crippen LogP contribution >= 0.6 is 0 Å². The SMILES string of the molecule is COc1nc2cc(C)c(Oc3cccc(C)c3)cc2nc1C(=O)O. The number of carboxylic acids is 1. The first-order valence-corrected chi connectivity index (χ1v) is 7.32. The van der Waals surface area contributed by atoms with Crippen LogP contribution in [-0.4, -0.2) is 28.2 Å². The Morgan fingerprint density at radius 3 is 2.50 bits per heavy atom. The maximum atomic E-state index is 11.3. The third-order valence-corrected chi connectivity index (χ3v) is 3.54. The number of rotatable bonds is 4. The lowest BCUT2D eigenvalue weighted by molar-refractivity contribution is 0.0686. The van der Waals surface area contributed by atoms with Gasteiger partial charge in [0.05, 0.1) is 18.1 Å². The fourth-order valence-corrected chi connectivity index (χ4v) is 2.37. The summed E-state index contributed by atoms with van der Waals surface area (Å²) in [7, 11) is 1.37. The van der Waals surface area contributed by atoms with Gasteiger partial charge >= 0.3 is 5.97 Å². The van der Waals surface area contributed by atoms with Crippen molar-refractivity contribution in [1.29, 1.82) is 0 Å². The van der Waals surface area contributed by atoms with Gasteiger partial charge < -0.3 is 14.6 Å². The molecule has 0 bridgehead atoms. The maximum Gasteiger partial charge on any atom is 0.360 e. The van der Waals surface area contributed by atoms with Gasteiger partial charge in [-0.25, -0.2) is 14.8 Å². The van der Waals surface area contributed by atoms with Gasteiger partial charge in [-0.3, -0.25) is 0 Å². The summed E-state index contributed by atoms with van der Waals surface area (Å²) in [4.78, 5) is 19.6. The number of fused-ring (bicyclic) bond motifs is 1. The van der Waals surface area contributed by atoms with Crippen molar-refractivity contribution in [3.8, 4) is 17.4 Å². The van der Waals surface area contributed by atoms with E-state index in [4.69, 9.17) is 9.47 Å². The van der Waals surface area contributed by atoms with E-state index < -0.39 is 5.97 Å². The van der Waals surface area contributed by atoms with Crippen LogP contribution in [0.15, 0.2) is 36.4 Å². The van der Waals surface area contributed by atoms with E-state index in [1.54, 1.807) is 12.1 Å². The molecule has 1 aromatic heterocycles. The molecule has 6 nitrogen and oxygen atoms in total. The predicted molar refractivity (Wildman–Crippen MR) is 89.0 cm³/mol. The lowest BCUT2D eigenvalue weighted by Gasteiger charge is -2.11. The van der Waals surface area contributed by atoms with E-state index in [-0.39, 0.29) is 11.6 Å². The summed E-state index contributed by atoms with van der Waals surface area (Å²) in [6.45, 7) is 3.88. The van der Waals surface area contributed by atoms with Crippen LogP contribution in [0.25, 0.3) is 11.0 Å². The molecule has 122 valence electrons. The molecule has 0 fully saturated rings. The Bertz CT molecular complexity index is 938. The van der Waals surface area contributed by atoms with Crippen molar-refractivity contribution >= 4 is 17.0 Å². The number of aryl methyl sites for hydroxylation is 2. The molecule has 0 saturated carbocycles. The lowest BCUT2D eigenvalue weighted by Crippen LogP contribution is -2.06. The minimum atomic E-state index is -1.19. The van der Waals surface area contributed by atoms with Crippen LogP contribution in [-0.2, 0) is 0 Å². The minimum Gasteiger partial charge on any atom is -0.479 e. The Kier molecular flexibility index (Phi) is 4.04. The van der Waals surface area contributed by atoms with Crippen LogP contribution in [0.4, 0.5) is 0 Å². The van der Waals surface area contributed by atoms with E-state index in [0.29, 0.717) is 22.5 Å². The largest absolute Gasteiger partial charge is 0.479 e. The number of hydrogen-bond acceptors (Lipinski definition) is 5. The molecular formula is C18H16N2O4. The molecule has 0 aliphatic heterocycles. The van der Waals surface area contributed by atoms with Crippen LogP contribution in [0, 0.1) is 13.8 Å². The van der Waals surface area contributed by atoms with E-state index in [1.165, 1.54) is 7.11 Å². The number of aromatic carboxylic acids is 1. The maximum absolute atomic E-state index is 11.3. The number of hydrogen-bond donors (Lipinski definition) is 1. The number of carboxylic acid groups (broad SMARTS) is 1. The van der Waals surface area contributed by atoms with E-state index in [9.17, 15) is 9.90 Å². The molecule has 3 aromatic rings. The average molecular weight is 324 g/mol.